The summed E-state index contributed by atoms with van der Waals surface area (Å²) in [7, 11) is 3.29. The fourth-order valence-corrected chi connectivity index (χ4v) is 0.950. The Hall–Kier alpha value is -1.18. The lowest BCUT2D eigenvalue weighted by atomic mass is 10.2. The highest BCUT2D eigenvalue weighted by molar-refractivity contribution is 5.37. The highest BCUT2D eigenvalue weighted by Crippen LogP contribution is 2.21. The number of methoxy groups -OCH3 is 2. The molecule has 0 unspecified atom stereocenters. The minimum absolute atomic E-state index is 0.835. The molecule has 0 bridgehead atoms. The normalized spacial score (nSPS) is 7.67. The van der Waals surface area contributed by atoms with Crippen LogP contribution >= 0.6 is 0 Å². The first kappa shape index (κ1) is 16.3. The lowest BCUT2D eigenvalue weighted by molar-refractivity contribution is 0.394. The number of rotatable bonds is 2. The Labute approximate surface area is 94.2 Å². The van der Waals surface area contributed by atoms with E-state index < -0.39 is 0 Å². The van der Waals surface area contributed by atoms with E-state index in [4.69, 9.17) is 9.47 Å². The average molecular weight is 212 g/mol. The number of hydrogen-bond donors (Lipinski definition) is 0. The zero-order valence-corrected chi connectivity index (χ0v) is 11.0. The largest absolute Gasteiger partial charge is 0.497 e. The summed E-state index contributed by atoms with van der Waals surface area (Å²) in [5.41, 5.74) is 1.14. The van der Waals surface area contributed by atoms with E-state index in [9.17, 15) is 0 Å². The molecule has 0 saturated carbocycles. The summed E-state index contributed by atoms with van der Waals surface area (Å²) in [4.78, 5) is 0. The van der Waals surface area contributed by atoms with Crippen molar-refractivity contribution in [3.8, 4) is 11.5 Å². The second-order valence-corrected chi connectivity index (χ2v) is 2.39. The molecule has 0 atom stereocenters. The molecule has 0 aliphatic heterocycles. The quantitative estimate of drug-likeness (QED) is 0.736. The molecular formula is C13H24O2. The first-order valence-electron chi connectivity index (χ1n) is 5.46. The van der Waals surface area contributed by atoms with Crippen molar-refractivity contribution in [2.45, 2.75) is 34.6 Å². The minimum atomic E-state index is 0.835. The van der Waals surface area contributed by atoms with Gasteiger partial charge in [0.25, 0.3) is 0 Å². The SMILES string of the molecule is CC.CC.COc1cc(C)cc(OC)c1. The Morgan fingerprint density at radius 3 is 1.33 bits per heavy atom. The molecule has 2 heteroatoms. The number of hydrogen-bond acceptors (Lipinski definition) is 2. The maximum atomic E-state index is 5.06. The molecule has 1 aromatic carbocycles. The van der Waals surface area contributed by atoms with Gasteiger partial charge in [-0.25, -0.2) is 0 Å². The molecule has 0 aliphatic rings. The fraction of sp³-hybridized carbons (Fsp3) is 0.538. The van der Waals surface area contributed by atoms with Crippen molar-refractivity contribution in [3.63, 3.8) is 0 Å². The van der Waals surface area contributed by atoms with E-state index in [-0.39, 0.29) is 0 Å². The summed E-state index contributed by atoms with van der Waals surface area (Å²) in [6.07, 6.45) is 0. The predicted molar refractivity (Wildman–Crippen MR) is 67.0 cm³/mol. The number of ether oxygens (including phenoxy) is 2. The van der Waals surface area contributed by atoms with E-state index in [1.165, 1.54) is 0 Å². The third-order valence-electron chi connectivity index (χ3n) is 1.50. The molecule has 0 saturated heterocycles. The lowest BCUT2D eigenvalue weighted by Gasteiger charge is -2.04. The van der Waals surface area contributed by atoms with Crippen LogP contribution < -0.4 is 9.47 Å². The molecule has 0 radical (unpaired) electrons. The molecule has 15 heavy (non-hydrogen) atoms. The van der Waals surface area contributed by atoms with Gasteiger partial charge in [0.2, 0.25) is 0 Å². The van der Waals surface area contributed by atoms with Gasteiger partial charge in [-0.1, -0.05) is 27.7 Å². The Balaban J connectivity index is 0. The van der Waals surface area contributed by atoms with E-state index in [1.807, 2.05) is 52.8 Å². The Bertz CT molecular complexity index is 222. The zero-order valence-electron chi connectivity index (χ0n) is 11.0. The van der Waals surface area contributed by atoms with Crippen LogP contribution in [0.3, 0.4) is 0 Å². The van der Waals surface area contributed by atoms with E-state index in [1.54, 1.807) is 14.2 Å². The zero-order chi connectivity index (χ0) is 12.3. The fourth-order valence-electron chi connectivity index (χ4n) is 0.950. The standard InChI is InChI=1S/C9H12O2.2C2H6/c1-7-4-8(10-2)6-9(5-7)11-3;2*1-2/h4-6H,1-3H3;2*1-2H3. The van der Waals surface area contributed by atoms with E-state index in [0.29, 0.717) is 0 Å². The van der Waals surface area contributed by atoms with Gasteiger partial charge in [0, 0.05) is 6.07 Å². The molecule has 0 amide bonds. The summed E-state index contributed by atoms with van der Waals surface area (Å²) in [6, 6.07) is 5.78. The van der Waals surface area contributed by atoms with E-state index in [0.717, 1.165) is 17.1 Å². The van der Waals surface area contributed by atoms with Crippen LogP contribution in [0.5, 0.6) is 11.5 Å². The van der Waals surface area contributed by atoms with E-state index in [2.05, 4.69) is 0 Å². The van der Waals surface area contributed by atoms with Crippen molar-refractivity contribution in [3.05, 3.63) is 23.8 Å². The molecule has 0 aliphatic carbocycles. The summed E-state index contributed by atoms with van der Waals surface area (Å²) in [6.45, 7) is 10.0. The van der Waals surface area contributed by atoms with Gasteiger partial charge < -0.3 is 9.47 Å². The van der Waals surface area contributed by atoms with Crippen LogP contribution in [0.2, 0.25) is 0 Å². The first-order valence-corrected chi connectivity index (χ1v) is 5.46. The van der Waals surface area contributed by atoms with Crippen LogP contribution in [-0.4, -0.2) is 14.2 Å². The van der Waals surface area contributed by atoms with Crippen molar-refractivity contribution < 1.29 is 9.47 Å². The topological polar surface area (TPSA) is 18.5 Å². The van der Waals surface area contributed by atoms with Crippen LogP contribution in [0.1, 0.15) is 33.3 Å². The lowest BCUT2D eigenvalue weighted by Crippen LogP contribution is -1.87. The van der Waals surface area contributed by atoms with Crippen LogP contribution in [0, 0.1) is 6.92 Å². The maximum Gasteiger partial charge on any atom is 0.122 e. The molecule has 0 spiro atoms. The first-order chi connectivity index (χ1) is 7.26. The maximum absolute atomic E-state index is 5.06. The molecule has 0 N–H and O–H groups in total. The van der Waals surface area contributed by atoms with Crippen molar-refractivity contribution in [1.82, 2.24) is 0 Å². The summed E-state index contributed by atoms with van der Waals surface area (Å²) >= 11 is 0. The van der Waals surface area contributed by atoms with Crippen molar-refractivity contribution in [1.29, 1.82) is 0 Å². The summed E-state index contributed by atoms with van der Waals surface area (Å²) in [5, 5.41) is 0. The monoisotopic (exact) mass is 212 g/mol. The predicted octanol–water partition coefficient (Wildman–Crippen LogP) is 4.06. The molecule has 1 aromatic rings. The number of aryl methyl sites for hydroxylation is 1. The van der Waals surface area contributed by atoms with Crippen LogP contribution in [0.4, 0.5) is 0 Å². The molecular weight excluding hydrogens is 188 g/mol. The van der Waals surface area contributed by atoms with Gasteiger partial charge >= 0.3 is 0 Å². The summed E-state index contributed by atoms with van der Waals surface area (Å²) < 4.78 is 10.1. The van der Waals surface area contributed by atoms with E-state index >= 15 is 0 Å². The Morgan fingerprint density at radius 1 is 0.733 bits per heavy atom. The van der Waals surface area contributed by atoms with Crippen molar-refractivity contribution >= 4 is 0 Å². The minimum Gasteiger partial charge on any atom is -0.497 e. The molecule has 1 rings (SSSR count). The summed E-state index contributed by atoms with van der Waals surface area (Å²) in [5.74, 6) is 1.67. The molecule has 88 valence electrons. The van der Waals surface area contributed by atoms with Gasteiger partial charge in [0.1, 0.15) is 11.5 Å². The van der Waals surface area contributed by atoms with Crippen LogP contribution in [0.15, 0.2) is 18.2 Å². The van der Waals surface area contributed by atoms with Gasteiger partial charge in [-0.05, 0) is 24.6 Å². The third-order valence-corrected chi connectivity index (χ3v) is 1.50. The molecule has 0 heterocycles. The molecule has 0 fully saturated rings. The molecule has 0 aromatic heterocycles. The van der Waals surface area contributed by atoms with Gasteiger partial charge in [0.15, 0.2) is 0 Å². The third kappa shape index (κ3) is 6.83. The average Bonchev–Trinajstić information content (AvgIpc) is 2.33. The van der Waals surface area contributed by atoms with Gasteiger partial charge in [-0.3, -0.25) is 0 Å². The van der Waals surface area contributed by atoms with Crippen LogP contribution in [-0.2, 0) is 0 Å². The van der Waals surface area contributed by atoms with Crippen molar-refractivity contribution in [2.75, 3.05) is 14.2 Å². The van der Waals surface area contributed by atoms with Gasteiger partial charge in [0.05, 0.1) is 14.2 Å². The Morgan fingerprint density at radius 2 is 1.07 bits per heavy atom. The highest BCUT2D eigenvalue weighted by Gasteiger charge is 1.96. The highest BCUT2D eigenvalue weighted by atomic mass is 16.5. The second kappa shape index (κ2) is 10.9. The smallest absolute Gasteiger partial charge is 0.122 e. The Kier molecular flexibility index (Phi) is 11.8. The molecule has 2 nitrogen and oxygen atoms in total. The van der Waals surface area contributed by atoms with Gasteiger partial charge in [-0.15, -0.1) is 0 Å². The van der Waals surface area contributed by atoms with Crippen LogP contribution in [0.25, 0.3) is 0 Å². The number of benzene rings is 1. The van der Waals surface area contributed by atoms with Crippen molar-refractivity contribution in [2.24, 2.45) is 0 Å². The second-order valence-electron chi connectivity index (χ2n) is 2.39. The van der Waals surface area contributed by atoms with Gasteiger partial charge in [-0.2, -0.15) is 0 Å².